The van der Waals surface area contributed by atoms with Gasteiger partial charge in [-0.1, -0.05) is 36.4 Å². The molecule has 148 valence electrons. The van der Waals surface area contributed by atoms with Gasteiger partial charge in [0.2, 0.25) is 11.8 Å². The fourth-order valence-corrected chi connectivity index (χ4v) is 3.04. The first-order chi connectivity index (χ1) is 13.4. The molecule has 1 aromatic carbocycles. The summed E-state index contributed by atoms with van der Waals surface area (Å²) in [6.45, 7) is 1.86. The summed E-state index contributed by atoms with van der Waals surface area (Å²) in [5, 5.41) is 14.7. The molecule has 0 radical (unpaired) electrons. The van der Waals surface area contributed by atoms with Crippen LogP contribution in [0.15, 0.2) is 53.3 Å². The molecular formula is C20H22BrN3O4. The van der Waals surface area contributed by atoms with Crippen LogP contribution < -0.4 is 10.6 Å². The average molecular weight is 448 g/mol. The highest BCUT2D eigenvalue weighted by Crippen LogP contribution is 2.15. The monoisotopic (exact) mass is 447 g/mol. The van der Waals surface area contributed by atoms with Gasteiger partial charge >= 0.3 is 5.97 Å². The van der Waals surface area contributed by atoms with Gasteiger partial charge in [0.15, 0.2) is 0 Å². The minimum atomic E-state index is -1.15. The summed E-state index contributed by atoms with van der Waals surface area (Å²) in [6, 6.07) is 11.6. The first-order valence-electron chi connectivity index (χ1n) is 8.82. The summed E-state index contributed by atoms with van der Waals surface area (Å²) in [4.78, 5) is 39.7. The van der Waals surface area contributed by atoms with Crippen LogP contribution in [0.3, 0.4) is 0 Å². The summed E-state index contributed by atoms with van der Waals surface area (Å²) in [6.07, 6.45) is 1.56. The van der Waals surface area contributed by atoms with Crippen molar-refractivity contribution in [3.8, 4) is 0 Å². The van der Waals surface area contributed by atoms with E-state index in [2.05, 4.69) is 31.5 Å². The van der Waals surface area contributed by atoms with Gasteiger partial charge in [0, 0.05) is 25.5 Å². The normalized spacial score (nSPS) is 12.6. The Kier molecular flexibility index (Phi) is 8.13. The Hall–Kier alpha value is -2.74. The lowest BCUT2D eigenvalue weighted by molar-refractivity contribution is -0.141. The van der Waals surface area contributed by atoms with Crippen LogP contribution in [0.2, 0.25) is 0 Å². The molecule has 0 fully saturated rings. The number of aromatic nitrogens is 1. The molecule has 1 aromatic heterocycles. The molecule has 2 rings (SSSR count). The molecule has 0 aliphatic heterocycles. The number of nitrogens with zero attached hydrogens (tertiary/aromatic N) is 1. The predicted octanol–water partition coefficient (Wildman–Crippen LogP) is 2.61. The minimum absolute atomic E-state index is 0.0219. The zero-order valence-corrected chi connectivity index (χ0v) is 17.0. The van der Waals surface area contributed by atoms with Crippen LogP contribution in [0.5, 0.6) is 0 Å². The van der Waals surface area contributed by atoms with Crippen LogP contribution in [0, 0.1) is 0 Å². The van der Waals surface area contributed by atoms with Gasteiger partial charge < -0.3 is 15.7 Å². The van der Waals surface area contributed by atoms with Gasteiger partial charge in [0.1, 0.15) is 10.6 Å². The van der Waals surface area contributed by atoms with E-state index in [1.165, 1.54) is 0 Å². The second-order valence-corrected chi connectivity index (χ2v) is 7.07. The molecule has 0 spiro atoms. The zero-order chi connectivity index (χ0) is 20.5. The van der Waals surface area contributed by atoms with Crippen molar-refractivity contribution in [3.05, 3.63) is 64.4 Å². The lowest BCUT2D eigenvalue weighted by atomic mass is 10.1. The minimum Gasteiger partial charge on any atom is -0.480 e. The molecule has 8 heteroatoms. The molecule has 0 unspecified atom stereocenters. The second-order valence-electron chi connectivity index (χ2n) is 6.32. The van der Waals surface area contributed by atoms with E-state index in [1.807, 2.05) is 37.3 Å². The predicted molar refractivity (Wildman–Crippen MR) is 107 cm³/mol. The van der Waals surface area contributed by atoms with Gasteiger partial charge in [-0.2, -0.15) is 0 Å². The first-order valence-corrected chi connectivity index (χ1v) is 9.62. The van der Waals surface area contributed by atoms with E-state index < -0.39 is 17.9 Å². The third-order valence-electron chi connectivity index (χ3n) is 4.15. The molecule has 28 heavy (non-hydrogen) atoms. The van der Waals surface area contributed by atoms with Crippen LogP contribution in [-0.4, -0.2) is 33.9 Å². The molecule has 0 bridgehead atoms. The maximum absolute atomic E-state index is 12.1. The number of carboxylic acids is 1. The van der Waals surface area contributed by atoms with Gasteiger partial charge in [0.05, 0.1) is 6.04 Å². The van der Waals surface area contributed by atoms with E-state index in [-0.39, 0.29) is 31.2 Å². The zero-order valence-electron chi connectivity index (χ0n) is 15.4. The molecule has 2 amide bonds. The number of amides is 2. The number of hydrogen-bond acceptors (Lipinski definition) is 4. The van der Waals surface area contributed by atoms with Gasteiger partial charge in [-0.25, -0.2) is 9.78 Å². The SMILES string of the molecule is C[C@@H](NC(=O)CCC(=O)N[C@@H](Cc1cccnc1Br)C(=O)O)c1ccccc1. The fourth-order valence-electron chi connectivity index (χ4n) is 2.62. The van der Waals surface area contributed by atoms with Crippen molar-refractivity contribution >= 4 is 33.7 Å². The Morgan fingerprint density at radius 2 is 1.68 bits per heavy atom. The molecule has 1 heterocycles. The molecule has 2 aromatic rings. The van der Waals surface area contributed by atoms with Crippen molar-refractivity contribution in [1.82, 2.24) is 15.6 Å². The van der Waals surface area contributed by atoms with E-state index in [0.29, 0.717) is 10.2 Å². The van der Waals surface area contributed by atoms with E-state index >= 15 is 0 Å². The Morgan fingerprint density at radius 1 is 1.04 bits per heavy atom. The quantitative estimate of drug-likeness (QED) is 0.511. The lowest BCUT2D eigenvalue weighted by Gasteiger charge is -2.16. The molecule has 7 nitrogen and oxygen atoms in total. The number of hydrogen-bond donors (Lipinski definition) is 3. The summed E-state index contributed by atoms with van der Waals surface area (Å²) >= 11 is 3.26. The Morgan fingerprint density at radius 3 is 2.29 bits per heavy atom. The number of nitrogens with one attached hydrogen (secondary N) is 2. The number of rotatable bonds is 9. The summed E-state index contributed by atoms with van der Waals surface area (Å²) in [5.74, 6) is -1.91. The third-order valence-corrected chi connectivity index (χ3v) is 4.86. The number of carboxylic acid groups (broad SMARTS) is 1. The van der Waals surface area contributed by atoms with E-state index in [1.54, 1.807) is 18.3 Å². The standard InChI is InChI=1S/C20H22BrN3O4/c1-13(14-6-3-2-4-7-14)23-17(25)9-10-18(26)24-16(20(27)28)12-15-8-5-11-22-19(15)21/h2-8,11,13,16H,9-10,12H2,1H3,(H,23,25)(H,24,26)(H,27,28)/t13-,16+/m1/s1. The highest BCUT2D eigenvalue weighted by Gasteiger charge is 2.22. The van der Waals surface area contributed by atoms with Crippen LogP contribution >= 0.6 is 15.9 Å². The average Bonchev–Trinajstić information content (AvgIpc) is 2.68. The van der Waals surface area contributed by atoms with E-state index in [4.69, 9.17) is 0 Å². The number of pyridine rings is 1. The van der Waals surface area contributed by atoms with Gasteiger partial charge in [-0.15, -0.1) is 0 Å². The van der Waals surface area contributed by atoms with E-state index in [0.717, 1.165) is 5.56 Å². The molecule has 0 aliphatic carbocycles. The number of aliphatic carboxylic acids is 1. The van der Waals surface area contributed by atoms with Crippen LogP contribution in [-0.2, 0) is 20.8 Å². The Labute approximate surface area is 171 Å². The molecule has 0 saturated carbocycles. The number of carbonyl (C=O) groups is 3. The van der Waals surface area contributed by atoms with E-state index in [9.17, 15) is 19.5 Å². The summed E-state index contributed by atoms with van der Waals surface area (Å²) < 4.78 is 0.532. The molecular weight excluding hydrogens is 426 g/mol. The Balaban J connectivity index is 1.83. The largest absolute Gasteiger partial charge is 0.480 e. The Bertz CT molecular complexity index is 829. The van der Waals surface area contributed by atoms with Crippen molar-refractivity contribution in [3.63, 3.8) is 0 Å². The smallest absolute Gasteiger partial charge is 0.326 e. The van der Waals surface area contributed by atoms with Gasteiger partial charge in [-0.05, 0) is 40.0 Å². The molecule has 0 saturated heterocycles. The maximum Gasteiger partial charge on any atom is 0.326 e. The molecule has 0 aliphatic rings. The number of carbonyl (C=O) groups excluding carboxylic acids is 2. The van der Waals surface area contributed by atoms with Crippen molar-refractivity contribution < 1.29 is 19.5 Å². The topological polar surface area (TPSA) is 108 Å². The highest BCUT2D eigenvalue weighted by atomic mass is 79.9. The molecule has 3 N–H and O–H groups in total. The summed E-state index contributed by atoms with van der Waals surface area (Å²) in [5.41, 5.74) is 1.64. The number of benzene rings is 1. The van der Waals surface area contributed by atoms with Crippen molar-refractivity contribution in [2.45, 2.75) is 38.3 Å². The number of halogens is 1. The van der Waals surface area contributed by atoms with Crippen molar-refractivity contribution in [1.29, 1.82) is 0 Å². The van der Waals surface area contributed by atoms with Crippen LogP contribution in [0.4, 0.5) is 0 Å². The van der Waals surface area contributed by atoms with Crippen molar-refractivity contribution in [2.75, 3.05) is 0 Å². The second kappa shape index (κ2) is 10.6. The van der Waals surface area contributed by atoms with Crippen molar-refractivity contribution in [2.24, 2.45) is 0 Å². The fraction of sp³-hybridized carbons (Fsp3) is 0.300. The van der Waals surface area contributed by atoms with Gasteiger partial charge in [-0.3, -0.25) is 9.59 Å². The third kappa shape index (κ3) is 6.77. The van der Waals surface area contributed by atoms with Gasteiger partial charge in [0.25, 0.3) is 0 Å². The lowest BCUT2D eigenvalue weighted by Crippen LogP contribution is -2.42. The maximum atomic E-state index is 12.1. The molecule has 2 atom stereocenters. The summed E-state index contributed by atoms with van der Waals surface area (Å²) in [7, 11) is 0. The first kappa shape index (κ1) is 21.6. The van der Waals surface area contributed by atoms with Crippen LogP contribution in [0.1, 0.15) is 36.9 Å². The highest BCUT2D eigenvalue weighted by molar-refractivity contribution is 9.10. The van der Waals surface area contributed by atoms with Crippen LogP contribution in [0.25, 0.3) is 0 Å².